The van der Waals surface area contributed by atoms with E-state index in [1.54, 1.807) is 17.5 Å². The van der Waals surface area contributed by atoms with Crippen molar-refractivity contribution in [2.24, 2.45) is 0 Å². The highest BCUT2D eigenvalue weighted by Gasteiger charge is 2.20. The van der Waals surface area contributed by atoms with Crippen molar-refractivity contribution in [3.05, 3.63) is 76.6 Å². The van der Waals surface area contributed by atoms with Crippen LogP contribution in [0.5, 0.6) is 0 Å². The Morgan fingerprint density at radius 3 is 2.70 bits per heavy atom. The van der Waals surface area contributed by atoms with Crippen molar-refractivity contribution in [1.29, 1.82) is 0 Å². The van der Waals surface area contributed by atoms with Crippen molar-refractivity contribution < 1.29 is 4.79 Å². The smallest absolute Gasteiger partial charge is 0.222 e. The van der Waals surface area contributed by atoms with Crippen molar-refractivity contribution in [1.82, 2.24) is 20.4 Å². The number of hydrogen-bond donors (Lipinski definition) is 1. The van der Waals surface area contributed by atoms with Crippen LogP contribution >= 0.6 is 11.3 Å². The number of amides is 1. The topological polar surface area (TPSA) is 61.4 Å². The summed E-state index contributed by atoms with van der Waals surface area (Å²) in [5.74, 6) is 1.02. The first-order chi connectivity index (χ1) is 14.8. The molecular formula is C23H27N5OS. The van der Waals surface area contributed by atoms with Gasteiger partial charge in [-0.1, -0.05) is 36.4 Å². The molecule has 2 aromatic heterocycles. The lowest BCUT2D eigenvalue weighted by Gasteiger charge is -2.23. The van der Waals surface area contributed by atoms with Gasteiger partial charge in [0.1, 0.15) is 0 Å². The quantitative estimate of drug-likeness (QED) is 0.634. The van der Waals surface area contributed by atoms with Crippen molar-refractivity contribution in [3.8, 4) is 0 Å². The molecule has 1 aromatic carbocycles. The summed E-state index contributed by atoms with van der Waals surface area (Å²) in [6.07, 6.45) is 3.25. The van der Waals surface area contributed by atoms with Crippen LogP contribution in [-0.4, -0.2) is 53.7 Å². The summed E-state index contributed by atoms with van der Waals surface area (Å²) in [6.45, 7) is 4.57. The van der Waals surface area contributed by atoms with Crippen LogP contribution in [0, 0.1) is 0 Å². The number of carbonyl (C=O) groups excluding carboxylic acids is 1. The largest absolute Gasteiger partial charge is 0.354 e. The fraction of sp³-hybridized carbons (Fsp3) is 0.348. The van der Waals surface area contributed by atoms with Crippen molar-refractivity contribution in [2.75, 3.05) is 37.6 Å². The highest BCUT2D eigenvalue weighted by atomic mass is 32.1. The van der Waals surface area contributed by atoms with Crippen LogP contribution in [0.15, 0.2) is 66.2 Å². The molecule has 3 aromatic rings. The molecule has 156 valence electrons. The number of benzene rings is 1. The molecule has 4 rings (SSSR count). The van der Waals surface area contributed by atoms with E-state index in [0.29, 0.717) is 6.42 Å². The molecule has 3 heterocycles. The van der Waals surface area contributed by atoms with Crippen LogP contribution in [0.2, 0.25) is 0 Å². The molecule has 1 aliphatic rings. The van der Waals surface area contributed by atoms with Crippen LogP contribution in [0.4, 0.5) is 5.82 Å². The average molecular weight is 422 g/mol. The van der Waals surface area contributed by atoms with Gasteiger partial charge < -0.3 is 15.1 Å². The number of hydrogen-bond acceptors (Lipinski definition) is 6. The summed E-state index contributed by atoms with van der Waals surface area (Å²) >= 11 is 1.67. The molecular weight excluding hydrogens is 394 g/mol. The number of carbonyl (C=O) groups is 1. The van der Waals surface area contributed by atoms with Crippen LogP contribution in [0.25, 0.3) is 0 Å². The zero-order chi connectivity index (χ0) is 20.6. The van der Waals surface area contributed by atoms with Gasteiger partial charge in [-0.3, -0.25) is 4.79 Å². The molecule has 1 unspecified atom stereocenters. The molecule has 0 saturated carbocycles. The molecule has 0 aliphatic carbocycles. The Morgan fingerprint density at radius 2 is 1.93 bits per heavy atom. The fourth-order valence-electron chi connectivity index (χ4n) is 3.80. The van der Waals surface area contributed by atoms with E-state index in [4.69, 9.17) is 0 Å². The minimum atomic E-state index is -0.0880. The summed E-state index contributed by atoms with van der Waals surface area (Å²) in [7, 11) is 0. The van der Waals surface area contributed by atoms with Gasteiger partial charge in [0.25, 0.3) is 0 Å². The van der Waals surface area contributed by atoms with Gasteiger partial charge in [-0.05, 0) is 42.1 Å². The standard InChI is InChI=1S/C23H27N5OS/c29-22(25-23(20-9-5-18-30-20)19-7-2-1-3-8-19)11-15-27-13-6-14-28(17-16-27)21-10-4-12-24-26-21/h1-5,7-10,12,18,23H,6,11,13-17H2,(H,25,29). The molecule has 30 heavy (non-hydrogen) atoms. The first-order valence-electron chi connectivity index (χ1n) is 10.4. The molecule has 6 nitrogen and oxygen atoms in total. The lowest BCUT2D eigenvalue weighted by molar-refractivity contribution is -0.121. The van der Waals surface area contributed by atoms with E-state index in [1.165, 1.54) is 0 Å². The number of thiophene rings is 1. The first-order valence-corrected chi connectivity index (χ1v) is 11.3. The first kappa shape index (κ1) is 20.5. The Morgan fingerprint density at radius 1 is 1.03 bits per heavy atom. The van der Waals surface area contributed by atoms with Crippen molar-refractivity contribution >= 4 is 23.1 Å². The van der Waals surface area contributed by atoms with Crippen LogP contribution in [0.3, 0.4) is 0 Å². The van der Waals surface area contributed by atoms with Gasteiger partial charge in [-0.2, -0.15) is 5.10 Å². The second kappa shape index (κ2) is 10.3. The Balaban J connectivity index is 1.31. The van der Waals surface area contributed by atoms with Crippen LogP contribution in [0.1, 0.15) is 29.3 Å². The normalized spacial score (nSPS) is 16.1. The third-order valence-electron chi connectivity index (χ3n) is 5.39. The number of anilines is 1. The second-order valence-electron chi connectivity index (χ2n) is 7.44. The SMILES string of the molecule is O=C(CCN1CCCN(c2cccnn2)CC1)NC(c1ccccc1)c1cccs1. The number of aromatic nitrogens is 2. The zero-order valence-electron chi connectivity index (χ0n) is 17.0. The summed E-state index contributed by atoms with van der Waals surface area (Å²) in [4.78, 5) is 18.6. The Bertz CT molecular complexity index is 904. The molecule has 0 bridgehead atoms. The monoisotopic (exact) mass is 421 g/mol. The van der Waals surface area contributed by atoms with E-state index in [9.17, 15) is 4.79 Å². The summed E-state index contributed by atoms with van der Waals surface area (Å²) < 4.78 is 0. The third-order valence-corrected chi connectivity index (χ3v) is 6.33. The van der Waals surface area contributed by atoms with Gasteiger partial charge in [0.2, 0.25) is 5.91 Å². The van der Waals surface area contributed by atoms with E-state index in [0.717, 1.165) is 55.4 Å². The number of nitrogens with zero attached hydrogens (tertiary/aromatic N) is 4. The Kier molecular flexibility index (Phi) is 7.05. The van der Waals surface area contributed by atoms with Gasteiger partial charge in [-0.15, -0.1) is 16.4 Å². The van der Waals surface area contributed by atoms with E-state index < -0.39 is 0 Å². The van der Waals surface area contributed by atoms with E-state index >= 15 is 0 Å². The van der Waals surface area contributed by atoms with Gasteiger partial charge in [0.05, 0.1) is 6.04 Å². The molecule has 0 spiro atoms. The molecule has 1 fully saturated rings. The lowest BCUT2D eigenvalue weighted by Crippen LogP contribution is -2.35. The van der Waals surface area contributed by atoms with E-state index in [1.807, 2.05) is 36.4 Å². The van der Waals surface area contributed by atoms with Crippen molar-refractivity contribution in [3.63, 3.8) is 0 Å². The molecule has 0 radical (unpaired) electrons. The van der Waals surface area contributed by atoms with Crippen LogP contribution < -0.4 is 10.2 Å². The van der Waals surface area contributed by atoms with Gasteiger partial charge in [-0.25, -0.2) is 0 Å². The molecule has 1 amide bonds. The number of nitrogens with one attached hydrogen (secondary N) is 1. The van der Waals surface area contributed by atoms with Gasteiger partial charge in [0, 0.05) is 43.7 Å². The van der Waals surface area contributed by atoms with Crippen LogP contribution in [-0.2, 0) is 4.79 Å². The summed E-state index contributed by atoms with van der Waals surface area (Å²) in [5, 5.41) is 13.5. The number of rotatable bonds is 7. The second-order valence-corrected chi connectivity index (χ2v) is 8.42. The zero-order valence-corrected chi connectivity index (χ0v) is 17.8. The fourth-order valence-corrected chi connectivity index (χ4v) is 4.60. The minimum absolute atomic E-state index is 0.0880. The summed E-state index contributed by atoms with van der Waals surface area (Å²) in [6, 6.07) is 18.1. The molecule has 1 aliphatic heterocycles. The highest BCUT2D eigenvalue weighted by molar-refractivity contribution is 7.10. The minimum Gasteiger partial charge on any atom is -0.354 e. The Hall–Kier alpha value is -2.77. The van der Waals surface area contributed by atoms with Gasteiger partial charge >= 0.3 is 0 Å². The average Bonchev–Trinajstić information content (AvgIpc) is 3.22. The molecule has 1 saturated heterocycles. The molecule has 1 N–H and O–H groups in total. The van der Waals surface area contributed by atoms with E-state index in [2.05, 4.69) is 48.9 Å². The summed E-state index contributed by atoms with van der Waals surface area (Å²) in [5.41, 5.74) is 1.11. The van der Waals surface area contributed by atoms with E-state index in [-0.39, 0.29) is 11.9 Å². The molecule has 1 atom stereocenters. The lowest BCUT2D eigenvalue weighted by atomic mass is 10.1. The maximum absolute atomic E-state index is 12.8. The molecule has 7 heteroatoms. The predicted molar refractivity (Wildman–Crippen MR) is 121 cm³/mol. The van der Waals surface area contributed by atoms with Crippen molar-refractivity contribution in [2.45, 2.75) is 18.9 Å². The maximum atomic E-state index is 12.8. The highest BCUT2D eigenvalue weighted by Crippen LogP contribution is 2.26. The van der Waals surface area contributed by atoms with Gasteiger partial charge in [0.15, 0.2) is 5.82 Å². The Labute approximate surface area is 181 Å². The third kappa shape index (κ3) is 5.43. The predicted octanol–water partition coefficient (Wildman–Crippen LogP) is 3.35. The maximum Gasteiger partial charge on any atom is 0.222 e.